The summed E-state index contributed by atoms with van der Waals surface area (Å²) in [5.74, 6) is 1.55. The van der Waals surface area contributed by atoms with Gasteiger partial charge in [-0.15, -0.1) is 0 Å². The molecule has 0 unspecified atom stereocenters. The fourth-order valence-electron chi connectivity index (χ4n) is 3.32. The fourth-order valence-corrected chi connectivity index (χ4v) is 4.31. The summed E-state index contributed by atoms with van der Waals surface area (Å²) in [5, 5.41) is 0.579. The van der Waals surface area contributed by atoms with E-state index >= 15 is 0 Å². The topological polar surface area (TPSA) is 73.8 Å². The second-order valence-electron chi connectivity index (χ2n) is 6.85. The molecular weight excluding hydrogens is 426 g/mol. The predicted molar refractivity (Wildman–Crippen MR) is 125 cm³/mol. The number of benzene rings is 2. The molecule has 7 nitrogen and oxygen atoms in total. The number of hydrogen-bond donors (Lipinski definition) is 0. The van der Waals surface area contributed by atoms with Crippen molar-refractivity contribution in [3.8, 4) is 17.2 Å². The van der Waals surface area contributed by atoms with E-state index in [9.17, 15) is 4.79 Å². The number of nitrogens with zero attached hydrogens (tertiary/aromatic N) is 3. The number of rotatable bonds is 8. The third kappa shape index (κ3) is 4.36. The van der Waals surface area contributed by atoms with E-state index in [1.54, 1.807) is 49.7 Å². The maximum absolute atomic E-state index is 13.6. The zero-order valence-corrected chi connectivity index (χ0v) is 18.9. The molecule has 0 radical (unpaired) electrons. The zero-order valence-electron chi connectivity index (χ0n) is 18.1. The first kappa shape index (κ1) is 21.6. The van der Waals surface area contributed by atoms with Crippen LogP contribution < -0.4 is 19.1 Å². The lowest BCUT2D eigenvalue weighted by molar-refractivity contribution is 0.0984. The number of carbonyl (C=O) groups excluding carboxylic acids is 1. The summed E-state index contributed by atoms with van der Waals surface area (Å²) in [6.07, 6.45) is 3.45. The summed E-state index contributed by atoms with van der Waals surface area (Å²) >= 11 is 1.44. The number of pyridine rings is 1. The van der Waals surface area contributed by atoms with Crippen molar-refractivity contribution in [3.05, 3.63) is 72.1 Å². The Kier molecular flexibility index (Phi) is 6.51. The van der Waals surface area contributed by atoms with E-state index in [-0.39, 0.29) is 5.91 Å². The predicted octanol–water partition coefficient (Wildman–Crippen LogP) is 4.95. The van der Waals surface area contributed by atoms with Gasteiger partial charge in [-0.1, -0.05) is 23.5 Å². The molecule has 164 valence electrons. The van der Waals surface area contributed by atoms with E-state index < -0.39 is 0 Å². The number of para-hydroxylation sites is 1. The van der Waals surface area contributed by atoms with E-state index in [0.717, 1.165) is 15.8 Å². The molecule has 8 heteroatoms. The maximum Gasteiger partial charge on any atom is 0.260 e. The van der Waals surface area contributed by atoms with Crippen LogP contribution in [0.15, 0.2) is 60.9 Å². The van der Waals surface area contributed by atoms with Crippen molar-refractivity contribution >= 4 is 32.6 Å². The van der Waals surface area contributed by atoms with Crippen LogP contribution in [0.25, 0.3) is 10.2 Å². The Labute approximate surface area is 190 Å². The van der Waals surface area contributed by atoms with Gasteiger partial charge in [-0.2, -0.15) is 0 Å². The number of methoxy groups -OCH3 is 2. The molecule has 0 atom stereocenters. The first-order valence-electron chi connectivity index (χ1n) is 10.1. The largest absolute Gasteiger partial charge is 0.493 e. The highest BCUT2D eigenvalue weighted by Crippen LogP contribution is 2.36. The molecule has 0 saturated heterocycles. The first-order chi connectivity index (χ1) is 15.6. The van der Waals surface area contributed by atoms with Gasteiger partial charge < -0.3 is 14.2 Å². The van der Waals surface area contributed by atoms with E-state index in [2.05, 4.69) is 4.98 Å². The van der Waals surface area contributed by atoms with Crippen LogP contribution >= 0.6 is 11.3 Å². The van der Waals surface area contributed by atoms with Crippen molar-refractivity contribution in [1.82, 2.24) is 9.97 Å². The smallest absolute Gasteiger partial charge is 0.260 e. The minimum absolute atomic E-state index is 0.202. The number of aromatic nitrogens is 2. The minimum Gasteiger partial charge on any atom is -0.493 e. The van der Waals surface area contributed by atoms with E-state index in [1.807, 2.05) is 37.3 Å². The van der Waals surface area contributed by atoms with Gasteiger partial charge in [0.15, 0.2) is 16.6 Å². The number of fused-ring (bicyclic) bond motifs is 1. The van der Waals surface area contributed by atoms with Crippen molar-refractivity contribution in [2.45, 2.75) is 13.5 Å². The van der Waals surface area contributed by atoms with Gasteiger partial charge >= 0.3 is 0 Å². The minimum atomic E-state index is -0.202. The SMILES string of the molecule is CCOc1cccc2sc(N(Cc3cccnc3)C(=O)c3ccc(OC)c(OC)c3)nc12. The van der Waals surface area contributed by atoms with Crippen molar-refractivity contribution in [2.24, 2.45) is 0 Å². The van der Waals surface area contributed by atoms with Gasteiger partial charge in [0.2, 0.25) is 0 Å². The van der Waals surface area contributed by atoms with Crippen LogP contribution in [0, 0.1) is 0 Å². The molecular formula is C24H23N3O4S. The lowest BCUT2D eigenvalue weighted by atomic mass is 10.1. The van der Waals surface area contributed by atoms with Gasteiger partial charge in [-0.05, 0) is 48.9 Å². The van der Waals surface area contributed by atoms with Crippen molar-refractivity contribution < 1.29 is 19.0 Å². The Morgan fingerprint density at radius 2 is 1.88 bits per heavy atom. The van der Waals surface area contributed by atoms with Crippen molar-refractivity contribution in [3.63, 3.8) is 0 Å². The Morgan fingerprint density at radius 3 is 2.59 bits per heavy atom. The average Bonchev–Trinajstić information content (AvgIpc) is 3.27. The summed E-state index contributed by atoms with van der Waals surface area (Å²) in [7, 11) is 3.10. The van der Waals surface area contributed by atoms with E-state index in [4.69, 9.17) is 19.2 Å². The zero-order chi connectivity index (χ0) is 22.5. The summed E-state index contributed by atoms with van der Waals surface area (Å²) in [6, 6.07) is 14.7. The molecule has 2 aromatic heterocycles. The summed E-state index contributed by atoms with van der Waals surface area (Å²) in [6.45, 7) is 2.79. The Bertz CT molecular complexity index is 1230. The van der Waals surface area contributed by atoms with Crippen LogP contribution in [-0.2, 0) is 6.54 Å². The number of hydrogen-bond acceptors (Lipinski definition) is 7. The molecule has 0 bridgehead atoms. The fraction of sp³-hybridized carbons (Fsp3) is 0.208. The molecule has 0 aliphatic rings. The second-order valence-corrected chi connectivity index (χ2v) is 7.86. The second kappa shape index (κ2) is 9.65. The number of anilines is 1. The molecule has 2 aromatic carbocycles. The highest BCUT2D eigenvalue weighted by atomic mass is 32.1. The van der Waals surface area contributed by atoms with Crippen LogP contribution in [0.4, 0.5) is 5.13 Å². The Morgan fingerprint density at radius 1 is 1.03 bits per heavy atom. The molecule has 4 rings (SSSR count). The van der Waals surface area contributed by atoms with Crippen LogP contribution in [0.3, 0.4) is 0 Å². The summed E-state index contributed by atoms with van der Waals surface area (Å²) < 4.78 is 17.4. The molecule has 0 aliphatic carbocycles. The van der Waals surface area contributed by atoms with Crippen LogP contribution in [0.2, 0.25) is 0 Å². The van der Waals surface area contributed by atoms with Gasteiger partial charge in [-0.25, -0.2) is 4.98 Å². The number of amides is 1. The third-order valence-electron chi connectivity index (χ3n) is 4.84. The lowest BCUT2D eigenvalue weighted by Crippen LogP contribution is -2.30. The standard InChI is InChI=1S/C24H23N3O4S/c1-4-31-19-8-5-9-21-22(19)26-24(32-21)27(15-16-7-6-12-25-14-16)23(28)17-10-11-18(29-2)20(13-17)30-3/h5-14H,4,15H2,1-3H3. The quantitative estimate of drug-likeness (QED) is 0.379. The maximum atomic E-state index is 13.6. The van der Waals surface area contributed by atoms with Crippen LogP contribution in [0.5, 0.6) is 17.2 Å². The molecule has 2 heterocycles. The molecule has 0 aliphatic heterocycles. The molecule has 0 saturated carbocycles. The van der Waals surface area contributed by atoms with Gasteiger partial charge in [0.25, 0.3) is 5.91 Å². The summed E-state index contributed by atoms with van der Waals surface area (Å²) in [4.78, 5) is 24.3. The monoisotopic (exact) mass is 449 g/mol. The Hall–Kier alpha value is -3.65. The molecule has 0 N–H and O–H groups in total. The van der Waals surface area contributed by atoms with Crippen LogP contribution in [0.1, 0.15) is 22.8 Å². The first-order valence-corrected chi connectivity index (χ1v) is 10.9. The molecule has 1 amide bonds. The number of ether oxygens (including phenoxy) is 3. The molecule has 0 spiro atoms. The van der Waals surface area contributed by atoms with Crippen molar-refractivity contribution in [1.29, 1.82) is 0 Å². The Balaban J connectivity index is 1.78. The van der Waals surface area contributed by atoms with Gasteiger partial charge in [0.05, 0.1) is 32.1 Å². The molecule has 32 heavy (non-hydrogen) atoms. The highest BCUT2D eigenvalue weighted by Gasteiger charge is 2.24. The van der Waals surface area contributed by atoms with Gasteiger partial charge in [0.1, 0.15) is 11.3 Å². The van der Waals surface area contributed by atoms with Crippen molar-refractivity contribution in [2.75, 3.05) is 25.7 Å². The molecule has 4 aromatic rings. The van der Waals surface area contributed by atoms with Gasteiger partial charge in [-0.3, -0.25) is 14.7 Å². The molecule has 0 fully saturated rings. The third-order valence-corrected chi connectivity index (χ3v) is 5.88. The van der Waals surface area contributed by atoms with E-state index in [0.29, 0.717) is 41.1 Å². The highest BCUT2D eigenvalue weighted by molar-refractivity contribution is 7.22. The van der Waals surface area contributed by atoms with Gasteiger partial charge in [0, 0.05) is 18.0 Å². The normalized spacial score (nSPS) is 10.7. The lowest BCUT2D eigenvalue weighted by Gasteiger charge is -2.20. The number of thiazole rings is 1. The van der Waals surface area contributed by atoms with E-state index in [1.165, 1.54) is 11.3 Å². The average molecular weight is 450 g/mol. The summed E-state index contributed by atoms with van der Waals surface area (Å²) in [5.41, 5.74) is 2.10. The van der Waals surface area contributed by atoms with Crippen LogP contribution in [-0.4, -0.2) is 36.7 Å². The number of carbonyl (C=O) groups is 1.